The van der Waals surface area contributed by atoms with Crippen LogP contribution >= 0.6 is 0 Å². The lowest BCUT2D eigenvalue weighted by Crippen LogP contribution is -2.61. The average molecular weight is 1700 g/mol. The second kappa shape index (κ2) is 31.2. The van der Waals surface area contributed by atoms with Crippen LogP contribution in [0.15, 0.2) is 376 Å². The SMILES string of the molecule is CC(C)(C)c1cc(-c2ccc3c(c2)B2c4ccc(-c5cccc6c5C(c5ccccc5)(c5ccc(-c7ccccc7)cc5)c5ccccc5-6)cc4N(c4c(-c5ccccc5)cc(C(C)(C)C)cc4-c4ccccc4)c4cc(-n5c6ccc(C(C)(C)C)cc6c6cc(C(C)(C)C)ccc65)cc(c42)N3c2c(-c3ccccc3)cc(C(C)(C)C)cc2-c2ccccc2)cc(C(C)(C)C)c1. The highest BCUT2D eigenvalue weighted by atomic mass is 15.2. The molecule has 642 valence electrons. The molecule has 21 rings (SSSR count). The van der Waals surface area contributed by atoms with Crippen LogP contribution in [0.2, 0.25) is 0 Å². The van der Waals surface area contributed by atoms with Crippen molar-refractivity contribution in [2.75, 3.05) is 9.80 Å². The van der Waals surface area contributed by atoms with E-state index in [4.69, 9.17) is 0 Å². The number of nitrogens with zero attached hydrogens (tertiary/aromatic N) is 3. The monoisotopic (exact) mass is 1690 g/mol. The summed E-state index contributed by atoms with van der Waals surface area (Å²) >= 11 is 0. The van der Waals surface area contributed by atoms with Crippen molar-refractivity contribution < 1.29 is 0 Å². The van der Waals surface area contributed by atoms with Gasteiger partial charge in [-0.25, -0.2) is 0 Å². The van der Waals surface area contributed by atoms with Crippen molar-refractivity contribution in [3.05, 3.63) is 432 Å². The van der Waals surface area contributed by atoms with Gasteiger partial charge in [-0.1, -0.05) is 428 Å². The summed E-state index contributed by atoms with van der Waals surface area (Å²) in [6.45, 7) is 42.3. The summed E-state index contributed by atoms with van der Waals surface area (Å²) in [5.74, 6) is 0. The van der Waals surface area contributed by atoms with E-state index in [2.05, 4.69) is 515 Å². The van der Waals surface area contributed by atoms with Crippen LogP contribution in [0, 0.1) is 0 Å². The van der Waals surface area contributed by atoms with E-state index in [1.165, 1.54) is 122 Å². The summed E-state index contributed by atoms with van der Waals surface area (Å²) in [5, 5.41) is 2.47. The van der Waals surface area contributed by atoms with Crippen LogP contribution in [0.3, 0.4) is 0 Å². The molecule has 1 aromatic heterocycles. The van der Waals surface area contributed by atoms with E-state index in [1.54, 1.807) is 0 Å². The van der Waals surface area contributed by atoms with Crippen molar-refractivity contribution in [3.8, 4) is 94.7 Å². The number of aromatic nitrogens is 1. The van der Waals surface area contributed by atoms with Gasteiger partial charge in [0.1, 0.15) is 0 Å². The summed E-state index contributed by atoms with van der Waals surface area (Å²) in [4.78, 5) is 5.57. The Balaban J connectivity index is 0.972. The normalized spacial score (nSPS) is 14.3. The molecule has 0 bridgehead atoms. The van der Waals surface area contributed by atoms with E-state index in [-0.39, 0.29) is 39.2 Å². The highest BCUT2D eigenvalue weighted by molar-refractivity contribution is 7.00. The number of hydrogen-bond acceptors (Lipinski definition) is 2. The van der Waals surface area contributed by atoms with Crippen molar-refractivity contribution in [2.24, 2.45) is 0 Å². The zero-order chi connectivity index (χ0) is 90.7. The van der Waals surface area contributed by atoms with Gasteiger partial charge in [0.2, 0.25) is 0 Å². The van der Waals surface area contributed by atoms with Gasteiger partial charge in [0.05, 0.1) is 33.5 Å². The maximum absolute atomic E-state index is 2.80. The zero-order valence-corrected chi connectivity index (χ0v) is 79.2. The van der Waals surface area contributed by atoms with E-state index >= 15 is 0 Å². The van der Waals surface area contributed by atoms with Gasteiger partial charge in [-0.15, -0.1) is 0 Å². The molecule has 3 aliphatic rings. The maximum atomic E-state index is 2.80. The lowest BCUT2D eigenvalue weighted by molar-refractivity contribution is 0.569. The van der Waals surface area contributed by atoms with Gasteiger partial charge in [-0.05, 0) is 244 Å². The molecule has 4 heteroatoms. The lowest BCUT2D eigenvalue weighted by Gasteiger charge is -2.46. The molecular weight excluding hydrogens is 1580 g/mol. The minimum absolute atomic E-state index is 0.133. The lowest BCUT2D eigenvalue weighted by atomic mass is 9.33. The summed E-state index contributed by atoms with van der Waals surface area (Å²) in [7, 11) is 0. The van der Waals surface area contributed by atoms with Gasteiger partial charge < -0.3 is 14.4 Å². The first-order valence-electron chi connectivity index (χ1n) is 47.1. The minimum Gasteiger partial charge on any atom is -0.310 e. The van der Waals surface area contributed by atoms with Crippen molar-refractivity contribution in [1.29, 1.82) is 0 Å². The fourth-order valence-corrected chi connectivity index (χ4v) is 21.4. The Morgan fingerprint density at radius 3 is 1.05 bits per heavy atom. The second-order valence-corrected chi connectivity index (χ2v) is 43.3. The van der Waals surface area contributed by atoms with Gasteiger partial charge in [0.15, 0.2) is 0 Å². The first-order chi connectivity index (χ1) is 62.8. The molecule has 3 nitrogen and oxygen atoms in total. The summed E-state index contributed by atoms with van der Waals surface area (Å²) in [6.07, 6.45) is 0. The molecule has 0 spiro atoms. The van der Waals surface area contributed by atoms with Gasteiger partial charge >= 0.3 is 0 Å². The first kappa shape index (κ1) is 84.1. The van der Waals surface area contributed by atoms with Gasteiger partial charge in [0, 0.05) is 55.8 Å². The Hall–Kier alpha value is -13.8. The van der Waals surface area contributed by atoms with Crippen LogP contribution in [-0.2, 0) is 37.9 Å². The van der Waals surface area contributed by atoms with Crippen molar-refractivity contribution in [3.63, 3.8) is 0 Å². The Morgan fingerprint density at radius 2 is 0.595 bits per heavy atom. The number of fused-ring (bicyclic) bond motifs is 10. The Bertz CT molecular complexity index is 7300. The van der Waals surface area contributed by atoms with Crippen molar-refractivity contribution in [1.82, 2.24) is 4.57 Å². The Labute approximate surface area is 777 Å². The van der Waals surface area contributed by atoms with E-state index in [9.17, 15) is 0 Å². The van der Waals surface area contributed by atoms with E-state index in [1.807, 2.05) is 0 Å². The standard InChI is InChI=1S/C127H116BN3/c1-121(2,3)92-62-66-111-106(73-92)107-74-93(122(4,5)6)63-67-112(107)129(111)98-79-115-118-116(80-98)131(120-104(85-46-31-22-32-47-85)77-97(126(16,17)18)78-105(120)86-48-33-23-34-49-86)114-71-88(99-53-39-54-101-100-52-37-38-55-108(100)127(117(99)101,90-50-35-24-36-51-90)91-60-56-82(57-61-91)81-40-25-19-26-41-81)58-64-109(114)128(118)110-70-87(89-68-94(123(7,8)9)72-95(69-89)124(10,11)12)59-65-113(110)130(115)119-102(83-42-27-20-28-43-83)75-96(125(13,14)15)76-103(119)84-44-29-21-30-45-84/h19-80H,1-18H3. The predicted molar refractivity (Wildman–Crippen MR) is 562 cm³/mol. The second-order valence-electron chi connectivity index (χ2n) is 43.3. The first-order valence-corrected chi connectivity index (χ1v) is 47.1. The molecule has 0 amide bonds. The third-order valence-corrected chi connectivity index (χ3v) is 28.5. The minimum atomic E-state index is -0.764. The molecule has 1 unspecified atom stereocenters. The molecule has 2 aliphatic heterocycles. The fraction of sp³-hybridized carbons (Fsp3) is 0.197. The number of hydrogen-bond donors (Lipinski definition) is 0. The molecule has 0 N–H and O–H groups in total. The van der Waals surface area contributed by atoms with Gasteiger partial charge in [-0.3, -0.25) is 0 Å². The third kappa shape index (κ3) is 14.3. The predicted octanol–water partition coefficient (Wildman–Crippen LogP) is 32.7. The van der Waals surface area contributed by atoms with Crippen LogP contribution in [0.5, 0.6) is 0 Å². The Morgan fingerprint density at radius 1 is 0.221 bits per heavy atom. The van der Waals surface area contributed by atoms with Crippen molar-refractivity contribution in [2.45, 2.75) is 163 Å². The van der Waals surface area contributed by atoms with Crippen LogP contribution in [0.25, 0.3) is 117 Å². The van der Waals surface area contributed by atoms with E-state index in [0.29, 0.717) is 0 Å². The van der Waals surface area contributed by atoms with Crippen LogP contribution in [-0.4, -0.2) is 11.3 Å². The molecule has 1 atom stereocenters. The third-order valence-electron chi connectivity index (χ3n) is 28.5. The summed E-state index contributed by atoms with van der Waals surface area (Å²) < 4.78 is 2.64. The molecule has 0 saturated heterocycles. The highest BCUT2D eigenvalue weighted by Gasteiger charge is 2.50. The van der Waals surface area contributed by atoms with E-state index in [0.717, 1.165) is 101 Å². The van der Waals surface area contributed by atoms with Crippen LogP contribution in [0.4, 0.5) is 34.1 Å². The Kier molecular flexibility index (Phi) is 20.0. The molecule has 0 saturated carbocycles. The zero-order valence-electron chi connectivity index (χ0n) is 79.2. The largest absolute Gasteiger partial charge is 0.310 e. The smallest absolute Gasteiger partial charge is 0.252 e. The average Bonchev–Trinajstić information content (AvgIpc) is 1.63. The summed E-state index contributed by atoms with van der Waals surface area (Å²) in [6, 6.07) is 147. The molecule has 0 radical (unpaired) electrons. The number of benzene rings is 17. The molecule has 0 fully saturated rings. The molecule has 18 aromatic rings. The number of rotatable bonds is 12. The highest BCUT2D eigenvalue weighted by Crippen LogP contribution is 2.61. The van der Waals surface area contributed by atoms with Gasteiger partial charge in [-0.2, -0.15) is 0 Å². The summed E-state index contributed by atoms with van der Waals surface area (Å²) in [5.41, 5.74) is 43.2. The molecule has 1 aliphatic carbocycles. The molecular formula is C127H116BN3. The van der Waals surface area contributed by atoms with Crippen LogP contribution in [0.1, 0.15) is 180 Å². The molecule has 3 heterocycles. The van der Waals surface area contributed by atoms with Gasteiger partial charge in [0.25, 0.3) is 6.71 Å². The molecule has 131 heavy (non-hydrogen) atoms. The fourth-order valence-electron chi connectivity index (χ4n) is 21.4. The van der Waals surface area contributed by atoms with E-state index < -0.39 is 5.41 Å². The molecule has 17 aromatic carbocycles. The van der Waals surface area contributed by atoms with Crippen LogP contribution < -0.4 is 26.2 Å². The topological polar surface area (TPSA) is 11.4 Å². The maximum Gasteiger partial charge on any atom is 0.252 e. The van der Waals surface area contributed by atoms with Crippen molar-refractivity contribution >= 4 is 79.0 Å². The quantitative estimate of drug-likeness (QED) is 0.113. The number of anilines is 6.